The number of anilines is 1. The topological polar surface area (TPSA) is 32.3 Å². The van der Waals surface area contributed by atoms with E-state index in [0.29, 0.717) is 11.8 Å². The number of aryl methyl sites for hydroxylation is 1. The lowest BCUT2D eigenvalue weighted by Crippen LogP contribution is -2.43. The molecule has 0 bridgehead atoms. The number of nitrogens with zero attached hydrogens (tertiary/aromatic N) is 1. The van der Waals surface area contributed by atoms with Crippen LogP contribution in [0.4, 0.5) is 5.69 Å². The van der Waals surface area contributed by atoms with Crippen molar-refractivity contribution in [3.63, 3.8) is 0 Å². The van der Waals surface area contributed by atoms with Gasteiger partial charge in [-0.2, -0.15) is 0 Å². The van der Waals surface area contributed by atoms with Crippen LogP contribution >= 0.6 is 0 Å². The Bertz CT molecular complexity index is 472. The molecule has 2 atom stereocenters. The number of amides is 1. The molecule has 1 amide bonds. The van der Waals surface area contributed by atoms with Crippen LogP contribution < -0.4 is 5.32 Å². The van der Waals surface area contributed by atoms with E-state index in [2.05, 4.69) is 35.3 Å². The Morgan fingerprint density at radius 1 is 1.37 bits per heavy atom. The van der Waals surface area contributed by atoms with Gasteiger partial charge in [-0.05, 0) is 36.8 Å². The van der Waals surface area contributed by atoms with Gasteiger partial charge in [-0.15, -0.1) is 0 Å². The third-order valence-corrected chi connectivity index (χ3v) is 4.52. The van der Waals surface area contributed by atoms with Crippen LogP contribution in [0.5, 0.6) is 0 Å². The average molecular weight is 258 g/mol. The number of hydrogen-bond acceptors (Lipinski definition) is 2. The van der Waals surface area contributed by atoms with Crippen LogP contribution in [0, 0.1) is 5.92 Å². The molecule has 2 heterocycles. The van der Waals surface area contributed by atoms with Crippen molar-refractivity contribution >= 4 is 11.6 Å². The Morgan fingerprint density at radius 2 is 2.21 bits per heavy atom. The molecule has 1 aromatic rings. The Kier molecular flexibility index (Phi) is 3.45. The molecule has 2 aliphatic heterocycles. The lowest BCUT2D eigenvalue weighted by atomic mass is 9.97. The van der Waals surface area contributed by atoms with Crippen molar-refractivity contribution < 1.29 is 4.79 Å². The Labute approximate surface area is 115 Å². The number of nitrogens with one attached hydrogen (secondary N) is 1. The minimum absolute atomic E-state index is 0.0227. The first kappa shape index (κ1) is 12.5. The van der Waals surface area contributed by atoms with Crippen LogP contribution in [0.2, 0.25) is 0 Å². The average Bonchev–Trinajstić information content (AvgIpc) is 2.95. The van der Waals surface area contributed by atoms with Crippen LogP contribution in [-0.2, 0) is 11.2 Å². The lowest BCUT2D eigenvalue weighted by Gasteiger charge is -2.29. The zero-order valence-electron chi connectivity index (χ0n) is 11.6. The van der Waals surface area contributed by atoms with Crippen molar-refractivity contribution in [2.45, 2.75) is 38.6 Å². The first-order valence-corrected chi connectivity index (χ1v) is 7.41. The number of para-hydroxylation sites is 1. The number of likely N-dealkylation sites (tertiary alicyclic amines) is 1. The molecule has 3 nitrogen and oxygen atoms in total. The summed E-state index contributed by atoms with van der Waals surface area (Å²) in [6.45, 7) is 4.11. The van der Waals surface area contributed by atoms with E-state index in [-0.39, 0.29) is 6.04 Å². The second-order valence-electron chi connectivity index (χ2n) is 5.74. The molecule has 0 saturated carbocycles. The van der Waals surface area contributed by atoms with Gasteiger partial charge in [0.25, 0.3) is 0 Å². The minimum Gasteiger partial charge on any atom is -0.373 e. The molecule has 3 heteroatoms. The van der Waals surface area contributed by atoms with Crippen LogP contribution in [0.15, 0.2) is 24.3 Å². The predicted molar refractivity (Wildman–Crippen MR) is 77.2 cm³/mol. The molecule has 0 spiro atoms. The number of rotatable bonds is 2. The summed E-state index contributed by atoms with van der Waals surface area (Å²) >= 11 is 0. The van der Waals surface area contributed by atoms with Crippen LogP contribution in [0.1, 0.15) is 31.7 Å². The van der Waals surface area contributed by atoms with Crippen molar-refractivity contribution in [1.82, 2.24) is 4.90 Å². The number of carbonyl (C=O) groups is 1. The molecule has 0 aromatic heterocycles. The zero-order valence-corrected chi connectivity index (χ0v) is 11.6. The first-order valence-electron chi connectivity index (χ1n) is 7.41. The van der Waals surface area contributed by atoms with E-state index in [1.54, 1.807) is 0 Å². The summed E-state index contributed by atoms with van der Waals surface area (Å²) in [5.41, 5.74) is 2.47. The van der Waals surface area contributed by atoms with Crippen LogP contribution in [0.3, 0.4) is 0 Å². The van der Waals surface area contributed by atoms with Crippen molar-refractivity contribution in [3.05, 3.63) is 29.8 Å². The van der Waals surface area contributed by atoms with Gasteiger partial charge in [0, 0.05) is 18.8 Å². The molecule has 1 N–H and O–H groups in total. The van der Waals surface area contributed by atoms with Gasteiger partial charge in [0.05, 0.1) is 0 Å². The number of fused-ring (bicyclic) bond motifs is 1. The summed E-state index contributed by atoms with van der Waals surface area (Å²) in [5, 5.41) is 3.42. The molecule has 19 heavy (non-hydrogen) atoms. The van der Waals surface area contributed by atoms with E-state index >= 15 is 0 Å². The summed E-state index contributed by atoms with van der Waals surface area (Å²) in [6, 6.07) is 8.29. The van der Waals surface area contributed by atoms with Crippen molar-refractivity contribution in [2.75, 3.05) is 18.4 Å². The molecular weight excluding hydrogens is 236 g/mol. The number of benzene rings is 1. The highest BCUT2D eigenvalue weighted by atomic mass is 16.2. The summed E-state index contributed by atoms with van der Waals surface area (Å²) < 4.78 is 0. The van der Waals surface area contributed by atoms with Crippen LogP contribution in [-0.4, -0.2) is 29.9 Å². The van der Waals surface area contributed by atoms with Gasteiger partial charge in [0.15, 0.2) is 0 Å². The highest BCUT2D eigenvalue weighted by Gasteiger charge is 2.31. The summed E-state index contributed by atoms with van der Waals surface area (Å²) in [7, 11) is 0. The molecule has 2 aliphatic rings. The molecule has 0 radical (unpaired) electrons. The summed E-state index contributed by atoms with van der Waals surface area (Å²) in [4.78, 5) is 14.6. The molecule has 1 saturated heterocycles. The standard InChI is InChI=1S/C16H22N2O/c1-2-12-9-10-18(11-12)16(19)15-8-7-13-5-3-4-6-14(13)17-15/h3-6,12,15,17H,2,7-11H2,1H3. The number of hydrogen-bond donors (Lipinski definition) is 1. The predicted octanol–water partition coefficient (Wildman–Crippen LogP) is 2.67. The Balaban J connectivity index is 1.66. The largest absolute Gasteiger partial charge is 0.373 e. The molecule has 102 valence electrons. The van der Waals surface area contributed by atoms with Gasteiger partial charge >= 0.3 is 0 Å². The van der Waals surface area contributed by atoms with Gasteiger partial charge in [0.1, 0.15) is 6.04 Å². The molecular formula is C16H22N2O. The third kappa shape index (κ3) is 2.46. The fourth-order valence-corrected chi connectivity index (χ4v) is 3.21. The van der Waals surface area contributed by atoms with Gasteiger partial charge in [0.2, 0.25) is 5.91 Å². The lowest BCUT2D eigenvalue weighted by molar-refractivity contribution is -0.131. The Hall–Kier alpha value is -1.51. The minimum atomic E-state index is -0.0227. The van der Waals surface area contributed by atoms with E-state index in [4.69, 9.17) is 0 Å². The molecule has 0 aliphatic carbocycles. The van der Waals surface area contributed by atoms with Crippen LogP contribution in [0.25, 0.3) is 0 Å². The van der Waals surface area contributed by atoms with Crippen molar-refractivity contribution in [3.8, 4) is 0 Å². The second kappa shape index (κ2) is 5.24. The van der Waals surface area contributed by atoms with E-state index in [1.165, 1.54) is 18.4 Å². The van der Waals surface area contributed by atoms with Crippen molar-refractivity contribution in [1.29, 1.82) is 0 Å². The van der Waals surface area contributed by atoms with Gasteiger partial charge in [-0.1, -0.05) is 31.5 Å². The summed E-state index contributed by atoms with van der Waals surface area (Å²) in [5.74, 6) is 1.00. The normalized spacial score (nSPS) is 25.8. The fourth-order valence-electron chi connectivity index (χ4n) is 3.21. The Morgan fingerprint density at radius 3 is 3.00 bits per heavy atom. The van der Waals surface area contributed by atoms with Gasteiger partial charge in [-0.3, -0.25) is 4.79 Å². The van der Waals surface area contributed by atoms with Gasteiger partial charge in [-0.25, -0.2) is 0 Å². The molecule has 3 rings (SSSR count). The highest BCUT2D eigenvalue weighted by Crippen LogP contribution is 2.27. The first-order chi connectivity index (χ1) is 9.28. The highest BCUT2D eigenvalue weighted by molar-refractivity contribution is 5.86. The second-order valence-corrected chi connectivity index (χ2v) is 5.74. The smallest absolute Gasteiger partial charge is 0.245 e. The quantitative estimate of drug-likeness (QED) is 0.884. The molecule has 1 fully saturated rings. The van der Waals surface area contributed by atoms with E-state index in [0.717, 1.165) is 31.6 Å². The number of carbonyl (C=O) groups excluding carboxylic acids is 1. The van der Waals surface area contributed by atoms with Gasteiger partial charge < -0.3 is 10.2 Å². The van der Waals surface area contributed by atoms with E-state index in [9.17, 15) is 4.79 Å². The summed E-state index contributed by atoms with van der Waals surface area (Å²) in [6.07, 6.45) is 4.28. The maximum absolute atomic E-state index is 12.5. The maximum atomic E-state index is 12.5. The fraction of sp³-hybridized carbons (Fsp3) is 0.562. The molecule has 1 aromatic carbocycles. The SMILES string of the molecule is CCC1CCN(C(=O)C2CCc3ccccc3N2)C1. The third-order valence-electron chi connectivity index (χ3n) is 4.52. The van der Waals surface area contributed by atoms with E-state index in [1.807, 2.05) is 6.07 Å². The molecule has 2 unspecified atom stereocenters. The maximum Gasteiger partial charge on any atom is 0.245 e. The van der Waals surface area contributed by atoms with Crippen molar-refractivity contribution in [2.24, 2.45) is 5.92 Å². The monoisotopic (exact) mass is 258 g/mol. The zero-order chi connectivity index (χ0) is 13.2. The van der Waals surface area contributed by atoms with E-state index < -0.39 is 0 Å².